The van der Waals surface area contributed by atoms with E-state index in [0.29, 0.717) is 11.8 Å². The van der Waals surface area contributed by atoms with E-state index in [9.17, 15) is 0 Å². The molecule has 8 rings (SSSR count). The zero-order valence-electron chi connectivity index (χ0n) is 18.5. The Balaban J connectivity index is 0.00000127. The van der Waals surface area contributed by atoms with E-state index < -0.39 is 23.2 Å². The van der Waals surface area contributed by atoms with Crippen LogP contribution in [-0.2, 0) is 23.2 Å². The molecule has 0 saturated heterocycles. The van der Waals surface area contributed by atoms with Gasteiger partial charge in [-0.2, -0.15) is 0 Å². The second-order valence-electron chi connectivity index (χ2n) is 8.80. The molecule has 170 valence electrons. The van der Waals surface area contributed by atoms with Gasteiger partial charge in [0, 0.05) is 0 Å². The van der Waals surface area contributed by atoms with Gasteiger partial charge in [-0.05, 0) is 0 Å². The number of hydrogen-bond acceptors (Lipinski definition) is 1. The van der Waals surface area contributed by atoms with Crippen molar-refractivity contribution in [3.8, 4) is 0 Å². The molecule has 5 heteroatoms. The first-order valence-corrected chi connectivity index (χ1v) is 15.3. The maximum Gasteiger partial charge on any atom is -1.00 e. The molecule has 4 aliphatic rings. The van der Waals surface area contributed by atoms with Gasteiger partial charge in [-0.15, -0.1) is 0 Å². The molecule has 4 aromatic rings. The van der Waals surface area contributed by atoms with E-state index in [1.807, 2.05) is 11.8 Å². The van der Waals surface area contributed by atoms with Gasteiger partial charge in [0.25, 0.3) is 0 Å². The van der Waals surface area contributed by atoms with Crippen LogP contribution in [0.5, 0.6) is 0 Å². The van der Waals surface area contributed by atoms with Gasteiger partial charge < -0.3 is 24.8 Å². The Morgan fingerprint density at radius 2 is 1.37 bits per heavy atom. The Hall–Kier alpha value is -1.35. The topological polar surface area (TPSA) is 0 Å². The van der Waals surface area contributed by atoms with E-state index in [-0.39, 0.29) is 24.8 Å². The van der Waals surface area contributed by atoms with Crippen LogP contribution < -0.4 is 24.8 Å². The van der Waals surface area contributed by atoms with E-state index in [2.05, 4.69) is 119 Å². The minimum absolute atomic E-state index is 0. The third kappa shape index (κ3) is 4.38. The first-order valence-electron chi connectivity index (χ1n) is 11.2. The van der Waals surface area contributed by atoms with Crippen molar-refractivity contribution in [3.63, 3.8) is 0 Å². The van der Waals surface area contributed by atoms with Crippen LogP contribution in [-0.4, -0.2) is 0 Å². The van der Waals surface area contributed by atoms with Crippen LogP contribution in [0.2, 0.25) is 0 Å². The monoisotopic (exact) mass is 650 g/mol. The third-order valence-corrected chi connectivity index (χ3v) is 12.0. The molecule has 6 bridgehead atoms. The predicted molar refractivity (Wildman–Crippen MR) is 137 cm³/mol. The average molecular weight is 654 g/mol. The van der Waals surface area contributed by atoms with Gasteiger partial charge in [0.2, 0.25) is 0 Å². The SMILES string of the molecule is Brc1ccc2c(c1)C=[C]([Zr+2][C]1=Cc3c4cccc3C1c1ccc(cc1)S4)C2c1ccccc1.[Cl-].[Cl-]. The fraction of sp³-hybridized carbons (Fsp3) is 0.0667. The van der Waals surface area contributed by atoms with Gasteiger partial charge in [-0.1, -0.05) is 0 Å². The van der Waals surface area contributed by atoms with Crippen molar-refractivity contribution in [1.82, 2.24) is 0 Å². The van der Waals surface area contributed by atoms with Crippen LogP contribution in [0.25, 0.3) is 12.2 Å². The van der Waals surface area contributed by atoms with Crippen LogP contribution in [0.3, 0.4) is 0 Å². The molecule has 0 fully saturated rings. The summed E-state index contributed by atoms with van der Waals surface area (Å²) >= 11 is 4.57. The second-order valence-corrected chi connectivity index (χ2v) is 14.3. The Kier molecular flexibility index (Phi) is 7.37. The normalized spacial score (nSPS) is 18.1. The molecule has 0 nitrogen and oxygen atoms in total. The first-order chi connectivity index (χ1) is 16.2. The van der Waals surface area contributed by atoms with Crippen LogP contribution in [0.15, 0.2) is 112 Å². The van der Waals surface area contributed by atoms with Crippen molar-refractivity contribution in [2.75, 3.05) is 0 Å². The number of hydrogen-bond donors (Lipinski definition) is 0. The molecule has 35 heavy (non-hydrogen) atoms. The average Bonchev–Trinajstić information content (AvgIpc) is 3.39. The smallest absolute Gasteiger partial charge is 1.00 e. The molecule has 2 heterocycles. The third-order valence-electron chi connectivity index (χ3n) is 6.87. The van der Waals surface area contributed by atoms with Crippen molar-refractivity contribution in [3.05, 3.63) is 135 Å². The summed E-state index contributed by atoms with van der Waals surface area (Å²) in [4.78, 5) is 2.73. The zero-order valence-corrected chi connectivity index (χ0v) is 24.9. The van der Waals surface area contributed by atoms with E-state index in [0.717, 1.165) is 4.47 Å². The number of rotatable bonds is 3. The van der Waals surface area contributed by atoms with Crippen molar-refractivity contribution in [1.29, 1.82) is 0 Å². The van der Waals surface area contributed by atoms with Crippen LogP contribution >= 0.6 is 27.7 Å². The Morgan fingerprint density at radius 3 is 2.17 bits per heavy atom. The maximum absolute atomic E-state index is 3.69. The van der Waals surface area contributed by atoms with Crippen molar-refractivity contribution in [2.24, 2.45) is 0 Å². The fourth-order valence-corrected chi connectivity index (χ4v) is 11.0. The van der Waals surface area contributed by atoms with Crippen molar-refractivity contribution >= 4 is 39.8 Å². The fourth-order valence-electron chi connectivity index (χ4n) is 5.42. The van der Waals surface area contributed by atoms with Gasteiger partial charge in [0.1, 0.15) is 0 Å². The predicted octanol–water partition coefficient (Wildman–Crippen LogP) is 2.68. The van der Waals surface area contributed by atoms with E-state index in [1.54, 1.807) is 6.56 Å². The molecule has 0 aromatic heterocycles. The number of allylic oxidation sites excluding steroid dienone is 2. The van der Waals surface area contributed by atoms with Crippen LogP contribution in [0.4, 0.5) is 0 Å². The summed E-state index contributed by atoms with van der Waals surface area (Å²) in [6, 6.07) is 34.1. The van der Waals surface area contributed by atoms with Gasteiger partial charge in [-0.25, -0.2) is 0 Å². The quantitative estimate of drug-likeness (QED) is 0.328. The van der Waals surface area contributed by atoms with Crippen molar-refractivity contribution in [2.45, 2.75) is 21.6 Å². The van der Waals surface area contributed by atoms with Crippen LogP contribution in [0, 0.1) is 0 Å². The molecule has 4 aromatic carbocycles. The molecule has 2 unspecified atom stereocenters. The summed E-state index contributed by atoms with van der Waals surface area (Å²) in [5.74, 6) is 0.794. The largest absolute Gasteiger partial charge is 1.00 e. The number of fused-ring (bicyclic) bond motifs is 3. The Morgan fingerprint density at radius 1 is 0.657 bits per heavy atom. The second kappa shape index (κ2) is 10.2. The molecule has 2 atom stereocenters. The standard InChI is InChI=1S/C15H10Br.C15H9S.2ClH.Zr/c16-13-7-9-15-12(10-13)6-8-14(15)11-4-2-1-3-5-11;1-2-13-12-8-9-14(13)15(3-1)16-11-6-4-10(12)5-7-11;;;/h1-7,9-10,14H;1-7,9,12H;2*1H;/q;;;;+2/p-2. The molecule has 0 saturated carbocycles. The minimum Gasteiger partial charge on any atom is -1.00 e. The molecule has 0 amide bonds. The minimum atomic E-state index is -1.02. The summed E-state index contributed by atoms with van der Waals surface area (Å²) in [6.45, 7) is 0. The number of benzene rings is 4. The molecule has 0 N–H and O–H groups in total. The zero-order chi connectivity index (χ0) is 21.9. The summed E-state index contributed by atoms with van der Waals surface area (Å²) in [5.41, 5.74) is 8.65. The van der Waals surface area contributed by atoms with E-state index in [4.69, 9.17) is 0 Å². The molecular weight excluding hydrogens is 634 g/mol. The van der Waals surface area contributed by atoms with Gasteiger partial charge in [0.05, 0.1) is 0 Å². The van der Waals surface area contributed by atoms with Gasteiger partial charge in [-0.3, -0.25) is 0 Å². The van der Waals surface area contributed by atoms with Gasteiger partial charge >= 0.3 is 220 Å². The summed E-state index contributed by atoms with van der Waals surface area (Å²) in [6.07, 6.45) is 5.07. The van der Waals surface area contributed by atoms with Crippen molar-refractivity contribution < 1.29 is 48.0 Å². The molecular formula is C30H19BrCl2SZr. The maximum atomic E-state index is 3.69. The van der Waals surface area contributed by atoms with E-state index >= 15 is 0 Å². The van der Waals surface area contributed by atoms with Gasteiger partial charge in [0.15, 0.2) is 0 Å². The molecule has 0 radical (unpaired) electrons. The Bertz CT molecular complexity index is 1480. The molecule has 2 aliphatic carbocycles. The number of halogens is 3. The van der Waals surface area contributed by atoms with E-state index in [1.165, 1.54) is 43.2 Å². The first kappa shape index (κ1) is 25.3. The summed E-state index contributed by atoms with van der Waals surface area (Å²) < 4.78 is 4.49. The summed E-state index contributed by atoms with van der Waals surface area (Å²) in [7, 11) is 0. The Labute approximate surface area is 242 Å². The van der Waals surface area contributed by atoms with Crippen LogP contribution in [0.1, 0.15) is 45.2 Å². The molecule has 2 aliphatic heterocycles. The molecule has 0 spiro atoms. The summed E-state index contributed by atoms with van der Waals surface area (Å²) in [5, 5.41) is 0.